The molecule has 0 bridgehead atoms. The molecular weight excluding hydrogens is 198 g/mol. The highest BCUT2D eigenvalue weighted by molar-refractivity contribution is 7.98. The second-order valence-electron chi connectivity index (χ2n) is 2.74. The van der Waals surface area contributed by atoms with E-state index in [0.717, 1.165) is 5.09 Å². The number of carbonyl (C=O) groups is 1. The van der Waals surface area contributed by atoms with Crippen molar-refractivity contribution in [3.8, 4) is 0 Å². The summed E-state index contributed by atoms with van der Waals surface area (Å²) in [7, 11) is 1.69. The Kier molecular flexibility index (Phi) is 3.83. The lowest BCUT2D eigenvalue weighted by Crippen LogP contribution is -2.24. The minimum Gasteiger partial charge on any atom is -0.434 e. The molecule has 0 spiro atoms. The molecule has 1 rings (SSSR count). The van der Waals surface area contributed by atoms with Crippen LogP contribution in [0.5, 0.6) is 0 Å². The smallest absolute Gasteiger partial charge is 0.232 e. The third-order valence-electron chi connectivity index (χ3n) is 1.79. The van der Waals surface area contributed by atoms with Gasteiger partial charge in [-0.05, 0) is 12.3 Å². The van der Waals surface area contributed by atoms with Crippen molar-refractivity contribution >= 4 is 23.6 Å². The zero-order valence-corrected chi connectivity index (χ0v) is 9.13. The number of hydrogen-bond donors (Lipinski definition) is 0. The number of amides is 1. The van der Waals surface area contributed by atoms with Crippen molar-refractivity contribution in [2.45, 2.75) is 11.5 Å². The van der Waals surface area contributed by atoms with Crippen molar-refractivity contribution < 1.29 is 9.21 Å². The maximum atomic E-state index is 11.4. The van der Waals surface area contributed by atoms with Crippen LogP contribution in [0.3, 0.4) is 0 Å². The van der Waals surface area contributed by atoms with Crippen LogP contribution in [-0.4, -0.2) is 19.2 Å². The van der Waals surface area contributed by atoms with Gasteiger partial charge in [0.25, 0.3) is 0 Å². The standard InChI is InChI=1S/C10H13NO2S/c1-4-5-8(12)11(2)9-6-7-10(13-9)14-3/h4,6-7H,1,5H2,2-3H3. The molecule has 3 nitrogen and oxygen atoms in total. The van der Waals surface area contributed by atoms with Crippen LogP contribution in [0.4, 0.5) is 5.88 Å². The molecular formula is C10H13NO2S. The predicted molar refractivity (Wildman–Crippen MR) is 58.7 cm³/mol. The number of hydrogen-bond acceptors (Lipinski definition) is 3. The molecule has 4 heteroatoms. The van der Waals surface area contributed by atoms with Crippen molar-refractivity contribution in [2.24, 2.45) is 0 Å². The molecule has 0 aliphatic heterocycles. The fourth-order valence-electron chi connectivity index (χ4n) is 0.984. The lowest BCUT2D eigenvalue weighted by molar-refractivity contribution is -0.117. The summed E-state index contributed by atoms with van der Waals surface area (Å²) in [6.45, 7) is 3.52. The van der Waals surface area contributed by atoms with Crippen molar-refractivity contribution in [2.75, 3.05) is 18.2 Å². The summed E-state index contributed by atoms with van der Waals surface area (Å²) in [4.78, 5) is 12.9. The molecule has 0 saturated heterocycles. The van der Waals surface area contributed by atoms with Gasteiger partial charge in [0, 0.05) is 19.5 Å². The lowest BCUT2D eigenvalue weighted by atomic mass is 10.4. The van der Waals surface area contributed by atoms with E-state index in [1.54, 1.807) is 19.2 Å². The van der Waals surface area contributed by atoms with E-state index in [0.29, 0.717) is 12.3 Å². The Bertz CT molecular complexity index is 333. The Morgan fingerprint density at radius 2 is 2.43 bits per heavy atom. The third-order valence-corrected chi connectivity index (χ3v) is 2.41. The molecule has 0 unspecified atom stereocenters. The van der Waals surface area contributed by atoms with Crippen molar-refractivity contribution in [1.29, 1.82) is 0 Å². The average Bonchev–Trinajstić information content (AvgIpc) is 2.65. The number of furan rings is 1. The van der Waals surface area contributed by atoms with Gasteiger partial charge < -0.3 is 4.42 Å². The molecule has 0 fully saturated rings. The first-order valence-corrected chi connectivity index (χ1v) is 5.42. The predicted octanol–water partition coefficient (Wildman–Crippen LogP) is 2.54. The minimum atomic E-state index is -0.0259. The molecule has 0 N–H and O–H groups in total. The van der Waals surface area contributed by atoms with Gasteiger partial charge in [0.1, 0.15) is 0 Å². The molecule has 0 aliphatic carbocycles. The van der Waals surface area contributed by atoms with Gasteiger partial charge in [-0.15, -0.1) is 6.58 Å². The molecule has 76 valence electrons. The molecule has 0 saturated carbocycles. The number of anilines is 1. The van der Waals surface area contributed by atoms with Gasteiger partial charge in [-0.1, -0.05) is 17.8 Å². The van der Waals surface area contributed by atoms with Gasteiger partial charge in [-0.3, -0.25) is 9.69 Å². The van der Waals surface area contributed by atoms with Gasteiger partial charge in [0.05, 0.1) is 0 Å². The zero-order valence-electron chi connectivity index (χ0n) is 8.32. The van der Waals surface area contributed by atoms with E-state index in [1.165, 1.54) is 16.7 Å². The van der Waals surface area contributed by atoms with Crippen LogP contribution in [0.25, 0.3) is 0 Å². The SMILES string of the molecule is C=CCC(=O)N(C)c1ccc(SC)o1. The fourth-order valence-corrected chi connectivity index (χ4v) is 1.36. The van der Waals surface area contributed by atoms with Gasteiger partial charge in [0.15, 0.2) is 5.09 Å². The summed E-state index contributed by atoms with van der Waals surface area (Å²) in [5, 5.41) is 0.804. The number of thioether (sulfide) groups is 1. The monoisotopic (exact) mass is 211 g/mol. The Balaban J connectivity index is 2.72. The van der Waals surface area contributed by atoms with Crippen LogP contribution < -0.4 is 4.90 Å². The molecule has 1 amide bonds. The largest absolute Gasteiger partial charge is 0.434 e. The minimum absolute atomic E-state index is 0.0259. The second kappa shape index (κ2) is 4.91. The van der Waals surface area contributed by atoms with Crippen molar-refractivity contribution in [3.63, 3.8) is 0 Å². The normalized spacial score (nSPS) is 9.86. The average molecular weight is 211 g/mol. The van der Waals surface area contributed by atoms with Crippen molar-refractivity contribution in [1.82, 2.24) is 0 Å². The van der Waals surface area contributed by atoms with Crippen LogP contribution in [0, 0.1) is 0 Å². The Labute approximate surface area is 87.8 Å². The summed E-state index contributed by atoms with van der Waals surface area (Å²) in [5.41, 5.74) is 0. The topological polar surface area (TPSA) is 33.5 Å². The van der Waals surface area contributed by atoms with Crippen LogP contribution in [-0.2, 0) is 4.79 Å². The Morgan fingerprint density at radius 3 is 2.93 bits per heavy atom. The van der Waals surface area contributed by atoms with E-state index in [1.807, 2.05) is 12.3 Å². The Morgan fingerprint density at radius 1 is 1.71 bits per heavy atom. The van der Waals surface area contributed by atoms with E-state index in [-0.39, 0.29) is 5.91 Å². The van der Waals surface area contributed by atoms with Gasteiger partial charge in [0.2, 0.25) is 11.8 Å². The summed E-state index contributed by atoms with van der Waals surface area (Å²) >= 11 is 1.51. The number of nitrogens with zero attached hydrogens (tertiary/aromatic N) is 1. The first-order chi connectivity index (χ1) is 6.69. The van der Waals surface area contributed by atoms with Crippen LogP contribution >= 0.6 is 11.8 Å². The molecule has 0 aliphatic rings. The molecule has 1 aromatic heterocycles. The van der Waals surface area contributed by atoms with Gasteiger partial charge in [-0.25, -0.2) is 0 Å². The van der Waals surface area contributed by atoms with E-state index in [2.05, 4.69) is 6.58 Å². The summed E-state index contributed by atoms with van der Waals surface area (Å²) in [6.07, 6.45) is 3.83. The van der Waals surface area contributed by atoms with Crippen LogP contribution in [0.1, 0.15) is 6.42 Å². The van der Waals surface area contributed by atoms with E-state index < -0.39 is 0 Å². The molecule has 1 aromatic rings. The number of carbonyl (C=O) groups excluding carboxylic acids is 1. The first kappa shape index (κ1) is 10.9. The zero-order chi connectivity index (χ0) is 10.6. The summed E-state index contributed by atoms with van der Waals surface area (Å²) in [5.74, 6) is 0.545. The summed E-state index contributed by atoms with van der Waals surface area (Å²) in [6, 6.07) is 3.63. The Hall–Kier alpha value is -1.16. The van der Waals surface area contributed by atoms with Crippen molar-refractivity contribution in [3.05, 3.63) is 24.8 Å². The third kappa shape index (κ3) is 2.42. The quantitative estimate of drug-likeness (QED) is 0.567. The highest BCUT2D eigenvalue weighted by Gasteiger charge is 2.12. The number of rotatable bonds is 4. The van der Waals surface area contributed by atoms with E-state index >= 15 is 0 Å². The second-order valence-corrected chi connectivity index (χ2v) is 3.55. The highest BCUT2D eigenvalue weighted by Crippen LogP contribution is 2.24. The lowest BCUT2D eigenvalue weighted by Gasteiger charge is -2.12. The maximum Gasteiger partial charge on any atom is 0.232 e. The first-order valence-electron chi connectivity index (χ1n) is 4.20. The van der Waals surface area contributed by atoms with E-state index in [4.69, 9.17) is 4.42 Å². The van der Waals surface area contributed by atoms with E-state index in [9.17, 15) is 4.79 Å². The molecule has 0 atom stereocenters. The van der Waals surface area contributed by atoms with Gasteiger partial charge in [-0.2, -0.15) is 0 Å². The molecule has 0 aromatic carbocycles. The highest BCUT2D eigenvalue weighted by atomic mass is 32.2. The molecule has 0 radical (unpaired) electrons. The van der Waals surface area contributed by atoms with Gasteiger partial charge >= 0.3 is 0 Å². The molecule has 1 heterocycles. The fraction of sp³-hybridized carbons (Fsp3) is 0.300. The summed E-state index contributed by atoms with van der Waals surface area (Å²) < 4.78 is 5.40. The van der Waals surface area contributed by atoms with Crippen LogP contribution in [0.15, 0.2) is 34.3 Å². The maximum absolute atomic E-state index is 11.4. The molecule has 14 heavy (non-hydrogen) atoms. The van der Waals surface area contributed by atoms with Crippen LogP contribution in [0.2, 0.25) is 0 Å².